The van der Waals surface area contributed by atoms with E-state index in [0.717, 1.165) is 12.8 Å². The van der Waals surface area contributed by atoms with Gasteiger partial charge in [0.25, 0.3) is 0 Å². The summed E-state index contributed by atoms with van der Waals surface area (Å²) in [6.45, 7) is 1.94. The summed E-state index contributed by atoms with van der Waals surface area (Å²) in [4.78, 5) is 10.8. The highest BCUT2D eigenvalue weighted by molar-refractivity contribution is 5.79. The third-order valence-electron chi connectivity index (χ3n) is 3.14. The maximum Gasteiger partial charge on any atom is 0.158 e. The molecule has 0 aliphatic rings. The number of carbonyl (C=O) groups excluding carboxylic acids is 1. The second-order valence-corrected chi connectivity index (χ2v) is 4.97. The molecule has 0 rings (SSSR count). The van der Waals surface area contributed by atoms with Gasteiger partial charge in [-0.1, -0.05) is 57.6 Å². The molecule has 0 bridgehead atoms. The summed E-state index contributed by atoms with van der Waals surface area (Å²) >= 11 is 0. The van der Waals surface area contributed by atoms with E-state index < -0.39 is 0 Å². The fourth-order valence-electron chi connectivity index (χ4n) is 1.93. The molecule has 0 saturated heterocycles. The predicted molar refractivity (Wildman–Crippen MR) is 77.7 cm³/mol. The van der Waals surface area contributed by atoms with Gasteiger partial charge in [-0.15, -0.1) is 0 Å². The van der Waals surface area contributed by atoms with E-state index in [9.17, 15) is 4.79 Å². The second-order valence-electron chi connectivity index (χ2n) is 4.97. The minimum Gasteiger partial charge on any atom is -0.389 e. The van der Waals surface area contributed by atoms with Crippen LogP contribution in [-0.2, 0) is 4.79 Å². The van der Waals surface area contributed by atoms with Crippen molar-refractivity contribution >= 4 is 5.78 Å². The van der Waals surface area contributed by atoms with Crippen molar-refractivity contribution < 1.29 is 9.90 Å². The van der Waals surface area contributed by atoms with Crippen LogP contribution in [0.5, 0.6) is 0 Å². The van der Waals surface area contributed by atoms with Gasteiger partial charge in [0.05, 0.1) is 0 Å². The number of aliphatic hydroxyl groups excluding tert-OH is 1. The number of ketones is 1. The molecular formula is C16H30O2. The van der Waals surface area contributed by atoms with Gasteiger partial charge in [-0.2, -0.15) is 0 Å². The molecule has 0 aromatic carbocycles. The van der Waals surface area contributed by atoms with Crippen LogP contribution in [-0.4, -0.2) is 17.5 Å². The molecule has 0 radical (unpaired) electrons. The summed E-state index contributed by atoms with van der Waals surface area (Å²) < 4.78 is 0. The smallest absolute Gasteiger partial charge is 0.158 e. The quantitative estimate of drug-likeness (QED) is 0.390. The Morgan fingerprint density at radius 3 is 2.06 bits per heavy atom. The molecule has 18 heavy (non-hydrogen) atoms. The Bertz CT molecular complexity index is 209. The first kappa shape index (κ1) is 17.4. The Balaban J connectivity index is 3.07. The van der Waals surface area contributed by atoms with Crippen molar-refractivity contribution in [3.8, 4) is 0 Å². The molecule has 0 unspecified atom stereocenters. The Hall–Kier alpha value is -0.630. The van der Waals surface area contributed by atoms with Gasteiger partial charge in [0.2, 0.25) is 0 Å². The standard InChI is InChI=1S/C16H30O2/c1-2-3-4-5-6-7-8-9-10-11-12-13-14-16(18)15-17/h5-6,17H,2-4,7-15H2,1H3/b6-5-. The lowest BCUT2D eigenvalue weighted by atomic mass is 10.1. The Morgan fingerprint density at radius 2 is 1.44 bits per heavy atom. The van der Waals surface area contributed by atoms with Crippen molar-refractivity contribution in [1.29, 1.82) is 0 Å². The fourth-order valence-corrected chi connectivity index (χ4v) is 1.93. The zero-order valence-electron chi connectivity index (χ0n) is 12.0. The maximum absolute atomic E-state index is 10.8. The van der Waals surface area contributed by atoms with Gasteiger partial charge in [0, 0.05) is 6.42 Å². The van der Waals surface area contributed by atoms with Crippen molar-refractivity contribution in [1.82, 2.24) is 0 Å². The number of rotatable bonds is 13. The van der Waals surface area contributed by atoms with Crippen LogP contribution in [0.2, 0.25) is 0 Å². The molecular weight excluding hydrogens is 224 g/mol. The minimum absolute atomic E-state index is 0.0211. The number of allylic oxidation sites excluding steroid dienone is 2. The van der Waals surface area contributed by atoms with E-state index in [-0.39, 0.29) is 12.4 Å². The fraction of sp³-hybridized carbons (Fsp3) is 0.812. The van der Waals surface area contributed by atoms with Gasteiger partial charge >= 0.3 is 0 Å². The number of hydrogen-bond acceptors (Lipinski definition) is 2. The normalized spacial score (nSPS) is 11.2. The highest BCUT2D eigenvalue weighted by Gasteiger charge is 1.98. The van der Waals surface area contributed by atoms with Gasteiger partial charge < -0.3 is 5.11 Å². The van der Waals surface area contributed by atoms with E-state index >= 15 is 0 Å². The van der Waals surface area contributed by atoms with Crippen molar-refractivity contribution in [2.24, 2.45) is 0 Å². The summed E-state index contributed by atoms with van der Waals surface area (Å²) in [5, 5.41) is 8.56. The first-order valence-corrected chi connectivity index (χ1v) is 7.58. The number of carbonyl (C=O) groups is 1. The maximum atomic E-state index is 10.8. The van der Waals surface area contributed by atoms with E-state index in [1.807, 2.05) is 0 Å². The summed E-state index contributed by atoms with van der Waals surface area (Å²) in [6, 6.07) is 0. The lowest BCUT2D eigenvalue weighted by Crippen LogP contribution is -2.02. The molecule has 0 fully saturated rings. The van der Waals surface area contributed by atoms with Crippen molar-refractivity contribution in [3.63, 3.8) is 0 Å². The SMILES string of the molecule is CCCC/C=C\CCCCCCCCC(=O)CO. The average Bonchev–Trinajstić information content (AvgIpc) is 2.39. The molecule has 2 nitrogen and oxygen atoms in total. The molecule has 0 aliphatic heterocycles. The third kappa shape index (κ3) is 13.4. The van der Waals surface area contributed by atoms with E-state index in [1.165, 1.54) is 51.4 Å². The molecule has 0 saturated carbocycles. The lowest BCUT2D eigenvalue weighted by Gasteiger charge is -2.00. The van der Waals surface area contributed by atoms with Crippen molar-refractivity contribution in [3.05, 3.63) is 12.2 Å². The Labute approximate surface area is 112 Å². The molecule has 1 N–H and O–H groups in total. The molecule has 0 aromatic rings. The van der Waals surface area contributed by atoms with Crippen LogP contribution in [0.3, 0.4) is 0 Å². The monoisotopic (exact) mass is 254 g/mol. The summed E-state index contributed by atoms with van der Waals surface area (Å²) in [6.07, 6.45) is 17.4. The Morgan fingerprint density at radius 1 is 0.889 bits per heavy atom. The van der Waals surface area contributed by atoms with Gasteiger partial charge in [-0.25, -0.2) is 0 Å². The largest absolute Gasteiger partial charge is 0.389 e. The van der Waals surface area contributed by atoms with Crippen LogP contribution in [0.4, 0.5) is 0 Å². The first-order valence-electron chi connectivity index (χ1n) is 7.58. The number of hydrogen-bond donors (Lipinski definition) is 1. The van der Waals surface area contributed by atoms with E-state index in [1.54, 1.807) is 0 Å². The highest BCUT2D eigenvalue weighted by atomic mass is 16.3. The van der Waals surface area contributed by atoms with Crippen LogP contribution in [0.15, 0.2) is 12.2 Å². The molecule has 0 aromatic heterocycles. The molecule has 2 heteroatoms. The van der Waals surface area contributed by atoms with Gasteiger partial charge in [-0.3, -0.25) is 4.79 Å². The van der Waals surface area contributed by atoms with E-state index in [0.29, 0.717) is 6.42 Å². The highest BCUT2D eigenvalue weighted by Crippen LogP contribution is 2.09. The Kier molecular flexibility index (Phi) is 13.9. The van der Waals surface area contributed by atoms with Crippen LogP contribution < -0.4 is 0 Å². The van der Waals surface area contributed by atoms with E-state index in [4.69, 9.17) is 5.11 Å². The number of aliphatic hydroxyl groups is 1. The minimum atomic E-state index is -0.287. The molecule has 0 spiro atoms. The van der Waals surface area contributed by atoms with Crippen molar-refractivity contribution in [2.45, 2.75) is 77.6 Å². The molecule has 106 valence electrons. The van der Waals surface area contributed by atoms with Gasteiger partial charge in [0.1, 0.15) is 6.61 Å². The zero-order valence-corrected chi connectivity index (χ0v) is 12.0. The van der Waals surface area contributed by atoms with Gasteiger partial charge in [-0.05, 0) is 25.7 Å². The van der Waals surface area contributed by atoms with Crippen LogP contribution in [0, 0.1) is 0 Å². The third-order valence-corrected chi connectivity index (χ3v) is 3.14. The summed E-state index contributed by atoms with van der Waals surface area (Å²) in [5.41, 5.74) is 0. The predicted octanol–water partition coefficient (Wildman–Crippen LogP) is 4.42. The zero-order chi connectivity index (χ0) is 13.5. The lowest BCUT2D eigenvalue weighted by molar-refractivity contribution is -0.121. The number of unbranched alkanes of at least 4 members (excludes halogenated alkanes) is 8. The molecule has 0 heterocycles. The average molecular weight is 254 g/mol. The first-order chi connectivity index (χ1) is 8.81. The molecule has 0 atom stereocenters. The van der Waals surface area contributed by atoms with Crippen LogP contribution in [0.1, 0.15) is 77.6 Å². The van der Waals surface area contributed by atoms with E-state index in [2.05, 4.69) is 19.1 Å². The summed E-state index contributed by atoms with van der Waals surface area (Å²) in [7, 11) is 0. The topological polar surface area (TPSA) is 37.3 Å². The van der Waals surface area contributed by atoms with Crippen LogP contribution >= 0.6 is 0 Å². The number of Topliss-reactive ketones (excluding diaryl/α,β-unsaturated/α-hetero) is 1. The second kappa shape index (κ2) is 14.4. The summed E-state index contributed by atoms with van der Waals surface area (Å²) in [5.74, 6) is -0.0211. The van der Waals surface area contributed by atoms with Gasteiger partial charge in [0.15, 0.2) is 5.78 Å². The molecule has 0 aliphatic carbocycles. The van der Waals surface area contributed by atoms with Crippen LogP contribution in [0.25, 0.3) is 0 Å². The van der Waals surface area contributed by atoms with Crippen molar-refractivity contribution in [2.75, 3.05) is 6.61 Å². The molecule has 0 amide bonds.